The number of carbonyl (C=O) groups is 1. The van der Waals surface area contributed by atoms with Crippen LogP contribution in [0.2, 0.25) is 0 Å². The molecule has 1 aliphatic carbocycles. The van der Waals surface area contributed by atoms with E-state index in [4.69, 9.17) is 0 Å². The SMILES string of the molecule is CC1(C)CCC2=C(C1=O)C(c1cc([N+](=O)[O-])cc([N+](=O)[O-])c1O)C1=C(CCS1)N2. The van der Waals surface area contributed by atoms with Crippen molar-refractivity contribution in [3.8, 4) is 5.75 Å². The Morgan fingerprint density at radius 3 is 2.55 bits per heavy atom. The molecule has 10 heteroatoms. The van der Waals surface area contributed by atoms with Gasteiger partial charge >= 0.3 is 5.69 Å². The van der Waals surface area contributed by atoms with Gasteiger partial charge in [-0.05, 0) is 19.3 Å². The minimum absolute atomic E-state index is 0.0350. The lowest BCUT2D eigenvalue weighted by Gasteiger charge is -2.39. The molecule has 1 aromatic rings. The van der Waals surface area contributed by atoms with E-state index in [1.807, 2.05) is 13.8 Å². The number of nitrogens with zero attached hydrogens (tertiary/aromatic N) is 2. The molecule has 2 aliphatic heterocycles. The van der Waals surface area contributed by atoms with Crippen LogP contribution in [0.25, 0.3) is 0 Å². The van der Waals surface area contributed by atoms with Gasteiger partial charge in [-0.2, -0.15) is 0 Å². The van der Waals surface area contributed by atoms with Gasteiger partial charge < -0.3 is 10.4 Å². The molecule has 2 N–H and O–H groups in total. The zero-order chi connectivity index (χ0) is 21.1. The third kappa shape index (κ3) is 2.98. The molecule has 1 atom stereocenters. The Labute approximate surface area is 170 Å². The zero-order valence-electron chi connectivity index (χ0n) is 15.9. The Morgan fingerprint density at radius 2 is 1.90 bits per heavy atom. The first-order valence-corrected chi connectivity index (χ1v) is 10.2. The summed E-state index contributed by atoms with van der Waals surface area (Å²) in [6.07, 6.45) is 2.02. The van der Waals surface area contributed by atoms with E-state index in [0.29, 0.717) is 18.4 Å². The lowest BCUT2D eigenvalue weighted by Crippen LogP contribution is -2.38. The predicted octanol–water partition coefficient (Wildman–Crippen LogP) is 3.89. The highest BCUT2D eigenvalue weighted by Gasteiger charge is 2.46. The first kappa shape index (κ1) is 19.4. The maximum atomic E-state index is 13.3. The topological polar surface area (TPSA) is 136 Å². The maximum Gasteiger partial charge on any atom is 0.317 e. The first-order chi connectivity index (χ1) is 13.6. The highest BCUT2D eigenvalue weighted by molar-refractivity contribution is 8.03. The van der Waals surface area contributed by atoms with Crippen LogP contribution in [0.3, 0.4) is 0 Å². The number of nitro groups is 2. The Bertz CT molecular complexity index is 1040. The normalized spacial score (nSPS) is 22.8. The predicted molar refractivity (Wildman–Crippen MR) is 106 cm³/mol. The Kier molecular flexibility index (Phi) is 4.41. The number of phenols is 1. The smallest absolute Gasteiger partial charge is 0.317 e. The van der Waals surface area contributed by atoms with E-state index in [0.717, 1.165) is 40.6 Å². The van der Waals surface area contributed by atoms with Crippen molar-refractivity contribution in [2.75, 3.05) is 5.75 Å². The molecule has 3 aliphatic rings. The summed E-state index contributed by atoms with van der Waals surface area (Å²) in [4.78, 5) is 35.4. The molecule has 9 nitrogen and oxygen atoms in total. The van der Waals surface area contributed by atoms with Crippen LogP contribution in [-0.4, -0.2) is 26.5 Å². The van der Waals surface area contributed by atoms with Crippen molar-refractivity contribution in [3.63, 3.8) is 0 Å². The first-order valence-electron chi connectivity index (χ1n) is 9.18. The number of carbonyl (C=O) groups excluding carboxylic acids is 1. The molecule has 0 radical (unpaired) electrons. The van der Waals surface area contributed by atoms with Gasteiger partial charge in [-0.25, -0.2) is 0 Å². The van der Waals surface area contributed by atoms with Crippen molar-refractivity contribution in [1.29, 1.82) is 0 Å². The fourth-order valence-corrected chi connectivity index (χ4v) is 5.44. The second-order valence-corrected chi connectivity index (χ2v) is 9.16. The van der Waals surface area contributed by atoms with E-state index >= 15 is 0 Å². The summed E-state index contributed by atoms with van der Waals surface area (Å²) in [5, 5.41) is 36.9. The van der Waals surface area contributed by atoms with Gasteiger partial charge in [0.1, 0.15) is 0 Å². The number of hydrogen-bond donors (Lipinski definition) is 2. The molecule has 0 saturated heterocycles. The van der Waals surface area contributed by atoms with Crippen molar-refractivity contribution < 1.29 is 19.7 Å². The van der Waals surface area contributed by atoms with Gasteiger partial charge in [-0.15, -0.1) is 11.8 Å². The van der Waals surface area contributed by atoms with Crippen LogP contribution in [0.5, 0.6) is 5.75 Å². The van der Waals surface area contributed by atoms with Gasteiger partial charge in [-0.3, -0.25) is 25.0 Å². The molecule has 4 rings (SSSR count). The number of allylic oxidation sites excluding steroid dienone is 4. The van der Waals surface area contributed by atoms with E-state index in [-0.39, 0.29) is 11.3 Å². The fourth-order valence-electron chi connectivity index (χ4n) is 4.18. The second kappa shape index (κ2) is 6.58. The third-order valence-electron chi connectivity index (χ3n) is 5.77. The molecule has 1 aromatic carbocycles. The molecule has 0 bridgehead atoms. The van der Waals surface area contributed by atoms with Gasteiger partial charge in [0.2, 0.25) is 0 Å². The van der Waals surface area contributed by atoms with Crippen LogP contribution in [0.15, 0.2) is 34.0 Å². The molecule has 1 unspecified atom stereocenters. The summed E-state index contributed by atoms with van der Waals surface area (Å²) in [5.41, 5.74) is 0.296. The molecular formula is C19H19N3O6S. The number of Topliss-reactive ketones (excluding diaryl/α,β-unsaturated/α-hetero) is 1. The van der Waals surface area contributed by atoms with Gasteiger partial charge in [0.05, 0.1) is 21.8 Å². The van der Waals surface area contributed by atoms with Crippen LogP contribution in [0.4, 0.5) is 11.4 Å². The van der Waals surface area contributed by atoms with Crippen LogP contribution in [0, 0.1) is 25.6 Å². The molecule has 0 spiro atoms. The summed E-state index contributed by atoms with van der Waals surface area (Å²) in [5.74, 6) is -0.720. The average molecular weight is 417 g/mol. The molecule has 0 amide bonds. The van der Waals surface area contributed by atoms with Crippen molar-refractivity contribution in [2.24, 2.45) is 5.41 Å². The number of aromatic hydroxyl groups is 1. The van der Waals surface area contributed by atoms with E-state index < -0.39 is 38.3 Å². The van der Waals surface area contributed by atoms with Crippen molar-refractivity contribution in [2.45, 2.75) is 39.0 Å². The van der Waals surface area contributed by atoms with E-state index in [9.17, 15) is 30.1 Å². The Hall–Kier alpha value is -2.88. The molecular weight excluding hydrogens is 398 g/mol. The highest BCUT2D eigenvalue weighted by atomic mass is 32.2. The molecule has 29 heavy (non-hydrogen) atoms. The van der Waals surface area contributed by atoms with Gasteiger partial charge in [0, 0.05) is 44.7 Å². The molecule has 152 valence electrons. The van der Waals surface area contributed by atoms with Crippen LogP contribution >= 0.6 is 11.8 Å². The molecule has 0 saturated carbocycles. The number of rotatable bonds is 3. The lowest BCUT2D eigenvalue weighted by molar-refractivity contribution is -0.394. The number of hydrogen-bond acceptors (Lipinski definition) is 8. The lowest BCUT2D eigenvalue weighted by atomic mass is 9.69. The third-order valence-corrected chi connectivity index (χ3v) is 6.97. The number of nitro benzene ring substituents is 2. The van der Waals surface area contributed by atoms with E-state index in [1.165, 1.54) is 11.8 Å². The molecule has 0 fully saturated rings. The number of benzene rings is 1. The minimum Gasteiger partial charge on any atom is -0.502 e. The average Bonchev–Trinajstić information content (AvgIpc) is 3.11. The molecule has 0 aromatic heterocycles. The number of phenolic OH excluding ortho intramolecular Hbond substituents is 1. The second-order valence-electron chi connectivity index (χ2n) is 8.02. The van der Waals surface area contributed by atoms with E-state index in [2.05, 4.69) is 5.32 Å². The number of nitrogens with one attached hydrogen (secondary N) is 1. The van der Waals surface area contributed by atoms with Gasteiger partial charge in [0.15, 0.2) is 11.5 Å². The summed E-state index contributed by atoms with van der Waals surface area (Å²) >= 11 is 1.50. The van der Waals surface area contributed by atoms with Crippen LogP contribution in [0.1, 0.15) is 44.6 Å². The van der Waals surface area contributed by atoms with Crippen molar-refractivity contribution >= 4 is 28.9 Å². The summed E-state index contributed by atoms with van der Waals surface area (Å²) < 4.78 is 0. The standard InChI is InChI=1S/C19H19N3O6S/c1-19(2)5-3-11-15(18(19)24)14(17-12(20-11)4-6-29-17)10-7-9(21(25)26)8-13(16(10)23)22(27)28/h7-8,14,20,23H,3-6H2,1-2H3. The summed E-state index contributed by atoms with van der Waals surface area (Å²) in [7, 11) is 0. The summed E-state index contributed by atoms with van der Waals surface area (Å²) in [6.45, 7) is 3.69. The molecule has 2 heterocycles. The fraction of sp³-hybridized carbons (Fsp3) is 0.421. The number of non-ortho nitro benzene ring substituents is 1. The van der Waals surface area contributed by atoms with Crippen LogP contribution < -0.4 is 5.32 Å². The summed E-state index contributed by atoms with van der Waals surface area (Å²) in [6, 6.07) is 1.90. The van der Waals surface area contributed by atoms with Crippen LogP contribution in [-0.2, 0) is 4.79 Å². The Morgan fingerprint density at radius 1 is 1.17 bits per heavy atom. The monoisotopic (exact) mass is 417 g/mol. The van der Waals surface area contributed by atoms with Crippen molar-refractivity contribution in [3.05, 3.63) is 59.8 Å². The largest absolute Gasteiger partial charge is 0.502 e. The number of ketones is 1. The Balaban J connectivity index is 1.99. The maximum absolute atomic E-state index is 13.3. The van der Waals surface area contributed by atoms with Gasteiger partial charge in [-0.1, -0.05) is 13.8 Å². The number of thioether (sulfide) groups is 1. The minimum atomic E-state index is -0.841. The highest BCUT2D eigenvalue weighted by Crippen LogP contribution is 2.55. The van der Waals surface area contributed by atoms with E-state index in [1.54, 1.807) is 0 Å². The number of dihydropyridines is 1. The van der Waals surface area contributed by atoms with Gasteiger partial charge in [0.25, 0.3) is 5.69 Å². The quantitative estimate of drug-likeness (QED) is 0.558. The zero-order valence-corrected chi connectivity index (χ0v) is 16.7. The van der Waals surface area contributed by atoms with Crippen molar-refractivity contribution in [1.82, 2.24) is 5.32 Å².